The van der Waals surface area contributed by atoms with Crippen molar-refractivity contribution in [2.75, 3.05) is 21.3 Å². The second kappa shape index (κ2) is 12.7. The third-order valence-electron chi connectivity index (χ3n) is 5.61. The van der Waals surface area contributed by atoms with Gasteiger partial charge in [0.25, 0.3) is 0 Å². The molecule has 1 aromatic heterocycles. The highest BCUT2D eigenvalue weighted by atomic mass is 16.5. The zero-order valence-electron chi connectivity index (χ0n) is 20.4. The van der Waals surface area contributed by atoms with Crippen molar-refractivity contribution in [1.82, 2.24) is 0 Å². The standard InChI is InChI=1S/C29H34O5/c1-21-14-13-17-25-23(21)20-26(34-25)24(30)16-12-10-8-6-5-7-9-11-15-22-18-27(31-2)29(33-4)28(19-22)32-3/h5-6,8,10-11,13-15,17-20,24,30H,7,9,12,16H2,1-4H3/b6-5+,10-8+,15-11-. The van der Waals surface area contributed by atoms with E-state index in [0.29, 0.717) is 29.4 Å². The number of allylic oxidation sites excluding steroid dienone is 5. The summed E-state index contributed by atoms with van der Waals surface area (Å²) >= 11 is 0. The number of ether oxygens (including phenoxy) is 3. The van der Waals surface area contributed by atoms with E-state index < -0.39 is 6.10 Å². The molecule has 1 unspecified atom stereocenters. The van der Waals surface area contributed by atoms with Crippen LogP contribution in [0.25, 0.3) is 17.0 Å². The summed E-state index contributed by atoms with van der Waals surface area (Å²) in [5, 5.41) is 11.5. The van der Waals surface area contributed by atoms with Crippen molar-refractivity contribution in [2.24, 2.45) is 0 Å². The first-order valence-electron chi connectivity index (χ1n) is 11.5. The lowest BCUT2D eigenvalue weighted by atomic mass is 10.1. The molecule has 0 aliphatic heterocycles. The van der Waals surface area contributed by atoms with Gasteiger partial charge in [-0.1, -0.05) is 48.6 Å². The molecule has 0 saturated carbocycles. The van der Waals surface area contributed by atoms with Gasteiger partial charge >= 0.3 is 0 Å². The number of fused-ring (bicyclic) bond motifs is 1. The molecule has 5 heteroatoms. The highest BCUT2D eigenvalue weighted by Gasteiger charge is 2.13. The number of aryl methyl sites for hydroxylation is 1. The number of hydrogen-bond acceptors (Lipinski definition) is 5. The number of methoxy groups -OCH3 is 3. The second-order valence-corrected chi connectivity index (χ2v) is 8.02. The number of benzene rings is 2. The van der Waals surface area contributed by atoms with Gasteiger partial charge < -0.3 is 23.7 Å². The molecule has 2 aromatic carbocycles. The summed E-state index contributed by atoms with van der Waals surface area (Å²) in [6, 6.07) is 11.8. The average molecular weight is 463 g/mol. The minimum atomic E-state index is -0.597. The van der Waals surface area contributed by atoms with Gasteiger partial charge in [-0.25, -0.2) is 0 Å². The lowest BCUT2D eigenvalue weighted by Crippen LogP contribution is -1.95. The first kappa shape index (κ1) is 25.2. The van der Waals surface area contributed by atoms with Crippen molar-refractivity contribution in [1.29, 1.82) is 0 Å². The van der Waals surface area contributed by atoms with Gasteiger partial charge in [-0.3, -0.25) is 0 Å². The minimum absolute atomic E-state index is 0.595. The van der Waals surface area contributed by atoms with Gasteiger partial charge in [-0.05, 0) is 68.0 Å². The zero-order chi connectivity index (χ0) is 24.3. The van der Waals surface area contributed by atoms with E-state index in [4.69, 9.17) is 18.6 Å². The van der Waals surface area contributed by atoms with Crippen molar-refractivity contribution in [3.8, 4) is 17.2 Å². The van der Waals surface area contributed by atoms with Gasteiger partial charge in [0.05, 0.1) is 21.3 Å². The van der Waals surface area contributed by atoms with Crippen LogP contribution in [0, 0.1) is 6.92 Å². The quantitative estimate of drug-likeness (QED) is 0.228. The smallest absolute Gasteiger partial charge is 0.203 e. The lowest BCUT2D eigenvalue weighted by molar-refractivity contribution is 0.143. The Morgan fingerprint density at radius 3 is 2.21 bits per heavy atom. The fraction of sp³-hybridized carbons (Fsp3) is 0.310. The van der Waals surface area contributed by atoms with Crippen LogP contribution >= 0.6 is 0 Å². The van der Waals surface area contributed by atoms with Crippen LogP contribution in [0.2, 0.25) is 0 Å². The van der Waals surface area contributed by atoms with Gasteiger partial charge in [0, 0.05) is 5.39 Å². The van der Waals surface area contributed by atoms with Crippen LogP contribution in [0.3, 0.4) is 0 Å². The van der Waals surface area contributed by atoms with Crippen molar-refractivity contribution in [3.63, 3.8) is 0 Å². The third kappa shape index (κ3) is 6.55. The average Bonchev–Trinajstić information content (AvgIpc) is 3.30. The minimum Gasteiger partial charge on any atom is -0.493 e. The molecule has 0 bridgehead atoms. The number of hydrogen-bond donors (Lipinski definition) is 1. The summed E-state index contributed by atoms with van der Waals surface area (Å²) in [5.74, 6) is 2.52. The summed E-state index contributed by atoms with van der Waals surface area (Å²) in [5.41, 5.74) is 2.98. The van der Waals surface area contributed by atoms with Crippen LogP contribution in [-0.4, -0.2) is 26.4 Å². The van der Waals surface area contributed by atoms with Crippen LogP contribution in [0.1, 0.15) is 48.7 Å². The molecule has 3 rings (SSSR count). The van der Waals surface area contributed by atoms with E-state index in [2.05, 4.69) is 24.3 Å². The molecule has 0 saturated heterocycles. The molecule has 34 heavy (non-hydrogen) atoms. The predicted molar refractivity (Wildman–Crippen MR) is 138 cm³/mol. The van der Waals surface area contributed by atoms with E-state index in [9.17, 15) is 5.11 Å². The summed E-state index contributed by atoms with van der Waals surface area (Å²) < 4.78 is 21.9. The molecule has 0 fully saturated rings. The predicted octanol–water partition coefficient (Wildman–Crippen LogP) is 7.19. The monoisotopic (exact) mass is 462 g/mol. The Morgan fingerprint density at radius 1 is 0.882 bits per heavy atom. The fourth-order valence-corrected chi connectivity index (χ4v) is 3.75. The van der Waals surface area contributed by atoms with Crippen molar-refractivity contribution in [2.45, 2.75) is 38.7 Å². The fourth-order valence-electron chi connectivity index (χ4n) is 3.75. The van der Waals surface area contributed by atoms with Crippen molar-refractivity contribution >= 4 is 17.0 Å². The number of aliphatic hydroxyl groups excluding tert-OH is 1. The first-order valence-corrected chi connectivity index (χ1v) is 11.5. The number of rotatable bonds is 12. The van der Waals surface area contributed by atoms with Crippen molar-refractivity contribution in [3.05, 3.63) is 83.7 Å². The van der Waals surface area contributed by atoms with Gasteiger partial charge in [0.2, 0.25) is 5.75 Å². The van der Waals surface area contributed by atoms with E-state index in [1.165, 1.54) is 0 Å². The van der Waals surface area contributed by atoms with Gasteiger partial charge in [0.15, 0.2) is 11.5 Å². The molecule has 0 amide bonds. The van der Waals surface area contributed by atoms with Crippen LogP contribution < -0.4 is 14.2 Å². The molecule has 1 N–H and O–H groups in total. The maximum Gasteiger partial charge on any atom is 0.203 e. The second-order valence-electron chi connectivity index (χ2n) is 8.02. The van der Waals surface area contributed by atoms with Crippen LogP contribution in [0.4, 0.5) is 0 Å². The molecule has 180 valence electrons. The van der Waals surface area contributed by atoms with Crippen molar-refractivity contribution < 1.29 is 23.7 Å². The van der Waals surface area contributed by atoms with Gasteiger partial charge in [-0.2, -0.15) is 0 Å². The summed E-state index contributed by atoms with van der Waals surface area (Å²) in [6.07, 6.45) is 15.1. The lowest BCUT2D eigenvalue weighted by Gasteiger charge is -2.12. The molecular formula is C29H34O5. The summed E-state index contributed by atoms with van der Waals surface area (Å²) in [6.45, 7) is 2.05. The molecule has 0 aliphatic carbocycles. The first-order chi connectivity index (χ1) is 16.6. The van der Waals surface area contributed by atoms with Gasteiger partial charge in [0.1, 0.15) is 17.4 Å². The van der Waals surface area contributed by atoms with E-state index in [-0.39, 0.29) is 0 Å². The highest BCUT2D eigenvalue weighted by Crippen LogP contribution is 2.38. The third-order valence-corrected chi connectivity index (χ3v) is 5.61. The number of aliphatic hydroxyl groups is 1. The molecule has 1 atom stereocenters. The Labute approximate surface area is 202 Å². The Morgan fingerprint density at radius 2 is 1.56 bits per heavy atom. The maximum absolute atomic E-state index is 10.4. The maximum atomic E-state index is 10.4. The Kier molecular flexibility index (Phi) is 9.41. The summed E-state index contributed by atoms with van der Waals surface area (Å²) in [4.78, 5) is 0. The Bertz CT molecular complexity index is 1130. The number of unbranched alkanes of at least 4 members (excludes halogenated alkanes) is 1. The molecule has 0 spiro atoms. The van der Waals surface area contributed by atoms with Crippen LogP contribution in [0.5, 0.6) is 17.2 Å². The highest BCUT2D eigenvalue weighted by molar-refractivity contribution is 5.81. The molecular weight excluding hydrogens is 428 g/mol. The summed E-state index contributed by atoms with van der Waals surface area (Å²) in [7, 11) is 4.83. The molecule has 3 aromatic rings. The Balaban J connectivity index is 1.40. The van der Waals surface area contributed by atoms with Crippen LogP contribution in [-0.2, 0) is 0 Å². The number of furan rings is 1. The molecule has 0 radical (unpaired) electrons. The van der Waals surface area contributed by atoms with Gasteiger partial charge in [-0.15, -0.1) is 0 Å². The normalized spacial score (nSPS) is 12.9. The van der Waals surface area contributed by atoms with E-state index >= 15 is 0 Å². The van der Waals surface area contributed by atoms with E-state index in [0.717, 1.165) is 41.4 Å². The topological polar surface area (TPSA) is 61.1 Å². The zero-order valence-corrected chi connectivity index (χ0v) is 20.4. The van der Waals surface area contributed by atoms with E-state index in [1.54, 1.807) is 21.3 Å². The largest absolute Gasteiger partial charge is 0.493 e. The molecule has 5 nitrogen and oxygen atoms in total. The Hall–Kier alpha value is -3.44. The molecule has 1 heterocycles. The van der Waals surface area contributed by atoms with Crippen LogP contribution in [0.15, 0.2) is 71.2 Å². The van der Waals surface area contributed by atoms with E-state index in [1.807, 2.05) is 55.5 Å². The molecule has 0 aliphatic rings. The SMILES string of the molecule is COc1cc(/C=C\CC/C=C/C=C/CCC(O)c2cc3c(C)cccc3o2)cc(OC)c1OC.